The molecule has 6 nitrogen and oxygen atoms in total. The first-order chi connectivity index (χ1) is 14.3. The number of aryl methyl sites for hydroxylation is 2. The quantitative estimate of drug-likeness (QED) is 0.411. The van der Waals surface area contributed by atoms with Gasteiger partial charge in [-0.3, -0.25) is 4.68 Å². The molecular formula is C20H15F3N6S. The molecule has 30 heavy (non-hydrogen) atoms. The number of fused-ring (bicyclic) bond motifs is 3. The molecule has 4 aromatic heterocycles. The summed E-state index contributed by atoms with van der Waals surface area (Å²) in [4.78, 5) is 11.1. The van der Waals surface area contributed by atoms with Crippen LogP contribution in [-0.2, 0) is 12.7 Å². The third-order valence-corrected chi connectivity index (χ3v) is 5.89. The molecule has 152 valence electrons. The third-order valence-electron chi connectivity index (χ3n) is 4.87. The van der Waals surface area contributed by atoms with Crippen LogP contribution in [0.3, 0.4) is 0 Å². The van der Waals surface area contributed by atoms with Crippen molar-refractivity contribution in [2.75, 3.05) is 0 Å². The maximum absolute atomic E-state index is 13.0. The number of thiophene rings is 1. The van der Waals surface area contributed by atoms with E-state index in [-0.39, 0.29) is 6.54 Å². The minimum absolute atomic E-state index is 0.0366. The summed E-state index contributed by atoms with van der Waals surface area (Å²) in [6.07, 6.45) is -2.91. The zero-order chi connectivity index (χ0) is 21.0. The molecule has 0 aliphatic heterocycles. The van der Waals surface area contributed by atoms with Crippen LogP contribution in [0.2, 0.25) is 0 Å². The van der Waals surface area contributed by atoms with E-state index in [1.54, 1.807) is 29.1 Å². The second-order valence-electron chi connectivity index (χ2n) is 6.95. The van der Waals surface area contributed by atoms with Gasteiger partial charge in [0, 0.05) is 16.1 Å². The van der Waals surface area contributed by atoms with Gasteiger partial charge in [-0.25, -0.2) is 14.5 Å². The Morgan fingerprint density at radius 3 is 2.53 bits per heavy atom. The number of hydrogen-bond donors (Lipinski definition) is 0. The van der Waals surface area contributed by atoms with Crippen LogP contribution in [0, 0.1) is 13.8 Å². The van der Waals surface area contributed by atoms with Gasteiger partial charge in [0.2, 0.25) is 0 Å². The first-order valence-corrected chi connectivity index (χ1v) is 9.93. The molecular weight excluding hydrogens is 413 g/mol. The van der Waals surface area contributed by atoms with Crippen molar-refractivity contribution in [1.29, 1.82) is 0 Å². The Morgan fingerprint density at radius 1 is 1.07 bits per heavy atom. The van der Waals surface area contributed by atoms with Crippen LogP contribution in [-0.4, -0.2) is 29.4 Å². The summed E-state index contributed by atoms with van der Waals surface area (Å²) >= 11 is 1.58. The van der Waals surface area contributed by atoms with Crippen molar-refractivity contribution in [2.24, 2.45) is 0 Å². The van der Waals surface area contributed by atoms with Crippen molar-refractivity contribution in [2.45, 2.75) is 26.6 Å². The highest BCUT2D eigenvalue weighted by Gasteiger charge is 2.34. The lowest BCUT2D eigenvalue weighted by Gasteiger charge is -2.02. The Balaban J connectivity index is 1.63. The largest absolute Gasteiger partial charge is 0.435 e. The fourth-order valence-electron chi connectivity index (χ4n) is 3.52. The molecule has 0 amide bonds. The van der Waals surface area contributed by atoms with Crippen LogP contribution in [0.4, 0.5) is 13.2 Å². The molecule has 10 heteroatoms. The van der Waals surface area contributed by atoms with E-state index in [4.69, 9.17) is 0 Å². The summed E-state index contributed by atoms with van der Waals surface area (Å²) < 4.78 is 41.7. The molecule has 0 saturated carbocycles. The van der Waals surface area contributed by atoms with Gasteiger partial charge in [0.15, 0.2) is 17.2 Å². The van der Waals surface area contributed by atoms with E-state index in [1.807, 2.05) is 37.3 Å². The molecule has 0 unspecified atom stereocenters. The Hall–Kier alpha value is -3.27. The van der Waals surface area contributed by atoms with Crippen LogP contribution in [0.15, 0.2) is 42.7 Å². The Morgan fingerprint density at radius 2 is 1.83 bits per heavy atom. The Labute approximate surface area is 172 Å². The van der Waals surface area contributed by atoms with E-state index in [1.165, 1.54) is 4.68 Å². The van der Waals surface area contributed by atoms with E-state index >= 15 is 0 Å². The molecule has 0 radical (unpaired) electrons. The number of alkyl halides is 3. The van der Waals surface area contributed by atoms with Gasteiger partial charge in [-0.1, -0.05) is 30.3 Å². The summed E-state index contributed by atoms with van der Waals surface area (Å²) in [5, 5.41) is 8.97. The first-order valence-electron chi connectivity index (χ1n) is 9.11. The zero-order valence-electron chi connectivity index (χ0n) is 16.0. The minimum atomic E-state index is -4.49. The average molecular weight is 428 g/mol. The molecule has 5 rings (SSSR count). The van der Waals surface area contributed by atoms with E-state index in [0.29, 0.717) is 17.2 Å². The first kappa shape index (κ1) is 18.7. The summed E-state index contributed by atoms with van der Waals surface area (Å²) in [6.45, 7) is 3.65. The molecule has 0 fully saturated rings. The highest BCUT2D eigenvalue weighted by atomic mass is 32.1. The lowest BCUT2D eigenvalue weighted by molar-refractivity contribution is -0.141. The van der Waals surface area contributed by atoms with Crippen molar-refractivity contribution in [1.82, 2.24) is 29.4 Å². The van der Waals surface area contributed by atoms with Crippen molar-refractivity contribution >= 4 is 27.2 Å². The van der Waals surface area contributed by atoms with Crippen molar-refractivity contribution in [3.63, 3.8) is 0 Å². The molecule has 4 heterocycles. The predicted molar refractivity (Wildman–Crippen MR) is 107 cm³/mol. The van der Waals surface area contributed by atoms with Gasteiger partial charge >= 0.3 is 6.18 Å². The fraction of sp³-hybridized carbons (Fsp3) is 0.200. The second kappa shape index (κ2) is 6.63. The topological polar surface area (TPSA) is 60.9 Å². The maximum Gasteiger partial charge on any atom is 0.435 e. The molecule has 0 N–H and O–H groups in total. The van der Waals surface area contributed by atoms with Gasteiger partial charge in [-0.05, 0) is 25.5 Å². The lowest BCUT2D eigenvalue weighted by Crippen LogP contribution is -2.09. The number of hydrogen-bond acceptors (Lipinski definition) is 5. The predicted octanol–water partition coefficient (Wildman–Crippen LogP) is 4.89. The van der Waals surface area contributed by atoms with Crippen LogP contribution in [0.25, 0.3) is 27.0 Å². The number of benzene rings is 1. The summed E-state index contributed by atoms with van der Waals surface area (Å²) in [6, 6.07) is 11.0. The molecule has 0 spiro atoms. The number of rotatable bonds is 3. The maximum atomic E-state index is 13.0. The van der Waals surface area contributed by atoms with Gasteiger partial charge in [0.1, 0.15) is 17.7 Å². The number of halogens is 3. The van der Waals surface area contributed by atoms with Crippen LogP contribution in [0.5, 0.6) is 0 Å². The van der Waals surface area contributed by atoms with E-state index in [9.17, 15) is 13.2 Å². The monoisotopic (exact) mass is 428 g/mol. The normalized spacial score (nSPS) is 12.3. The second-order valence-corrected chi connectivity index (χ2v) is 8.15. The molecule has 0 saturated heterocycles. The van der Waals surface area contributed by atoms with Gasteiger partial charge in [-0.2, -0.15) is 18.3 Å². The van der Waals surface area contributed by atoms with Gasteiger partial charge in [0.25, 0.3) is 0 Å². The number of aromatic nitrogens is 6. The van der Waals surface area contributed by atoms with Gasteiger partial charge in [-0.15, -0.1) is 16.4 Å². The summed E-state index contributed by atoms with van der Waals surface area (Å²) in [7, 11) is 0. The summed E-state index contributed by atoms with van der Waals surface area (Å²) in [5.74, 6) is 0.368. The molecule has 0 aliphatic carbocycles. The van der Waals surface area contributed by atoms with Crippen LogP contribution >= 0.6 is 11.3 Å². The van der Waals surface area contributed by atoms with Crippen LogP contribution in [0.1, 0.15) is 22.1 Å². The SMILES string of the molecule is Cc1sc2ncn3nc(Cn4nc(C(F)(F)F)cc4C)nc3c2c1-c1ccccc1. The van der Waals surface area contributed by atoms with E-state index < -0.39 is 11.9 Å². The van der Waals surface area contributed by atoms with Gasteiger partial charge < -0.3 is 0 Å². The molecule has 0 aliphatic rings. The highest BCUT2D eigenvalue weighted by Crippen LogP contribution is 2.39. The smallest absolute Gasteiger partial charge is 0.262 e. The highest BCUT2D eigenvalue weighted by molar-refractivity contribution is 7.19. The van der Waals surface area contributed by atoms with Gasteiger partial charge in [0.05, 0.1) is 5.39 Å². The molecule has 0 bridgehead atoms. The molecule has 0 atom stereocenters. The Bertz CT molecular complexity index is 1380. The van der Waals surface area contributed by atoms with Crippen molar-refractivity contribution < 1.29 is 13.2 Å². The number of nitrogens with zero attached hydrogens (tertiary/aromatic N) is 6. The van der Waals surface area contributed by atoms with Crippen molar-refractivity contribution in [3.8, 4) is 11.1 Å². The Kier molecular flexibility index (Phi) is 4.14. The van der Waals surface area contributed by atoms with Crippen molar-refractivity contribution in [3.05, 3.63) is 64.8 Å². The standard InChI is InChI=1S/C20H15F3N6S/c1-11-8-14(20(21,22)23)26-28(11)9-15-25-18-17-16(13-6-4-3-5-7-13)12(2)30-19(17)24-10-29(18)27-15/h3-8,10H,9H2,1-2H3. The zero-order valence-corrected chi connectivity index (χ0v) is 16.8. The molecule has 5 aromatic rings. The third kappa shape index (κ3) is 3.04. The minimum Gasteiger partial charge on any atom is -0.262 e. The van der Waals surface area contributed by atoms with E-state index in [0.717, 1.165) is 32.3 Å². The van der Waals surface area contributed by atoms with Crippen LogP contribution < -0.4 is 0 Å². The summed E-state index contributed by atoms with van der Waals surface area (Å²) in [5.41, 5.74) is 2.19. The lowest BCUT2D eigenvalue weighted by atomic mass is 10.0. The van der Waals surface area contributed by atoms with E-state index in [2.05, 4.69) is 20.2 Å². The fourth-order valence-corrected chi connectivity index (χ4v) is 4.52. The molecule has 1 aromatic carbocycles. The average Bonchev–Trinajstić information content (AvgIpc) is 3.36.